The number of hydrogen-bond acceptors (Lipinski definition) is 4. The van der Waals surface area contributed by atoms with Gasteiger partial charge in [0.2, 0.25) is 0 Å². The molecule has 1 aromatic carbocycles. The van der Waals surface area contributed by atoms with Gasteiger partial charge in [0.15, 0.2) is 0 Å². The zero-order valence-corrected chi connectivity index (χ0v) is 14.7. The van der Waals surface area contributed by atoms with Crippen LogP contribution in [0.1, 0.15) is 29.8 Å². The first-order chi connectivity index (χ1) is 11.7. The molecule has 1 unspecified atom stereocenters. The van der Waals surface area contributed by atoms with Crippen LogP contribution in [0.15, 0.2) is 30.3 Å². The fourth-order valence-electron chi connectivity index (χ4n) is 3.59. The van der Waals surface area contributed by atoms with Gasteiger partial charge in [0.05, 0.1) is 18.8 Å². The molecule has 24 heavy (non-hydrogen) atoms. The van der Waals surface area contributed by atoms with Crippen LogP contribution < -0.4 is 5.32 Å². The van der Waals surface area contributed by atoms with Gasteiger partial charge >= 0.3 is 0 Å². The third kappa shape index (κ3) is 3.97. The van der Waals surface area contributed by atoms with E-state index in [9.17, 15) is 0 Å². The molecule has 0 amide bonds. The maximum Gasteiger partial charge on any atom is 0.0644 e. The Hall–Kier alpha value is -1.85. The van der Waals surface area contributed by atoms with Gasteiger partial charge in [0, 0.05) is 36.1 Å². The summed E-state index contributed by atoms with van der Waals surface area (Å²) in [4.78, 5) is 2.52. The van der Waals surface area contributed by atoms with Crippen LogP contribution in [0.2, 0.25) is 0 Å². The molecule has 1 aliphatic heterocycles. The minimum Gasteiger partial charge on any atom is -0.394 e. The van der Waals surface area contributed by atoms with Gasteiger partial charge in [-0.2, -0.15) is 5.10 Å². The Morgan fingerprint density at radius 2 is 2.04 bits per heavy atom. The van der Waals surface area contributed by atoms with Gasteiger partial charge in [0.25, 0.3) is 0 Å². The lowest BCUT2D eigenvalue weighted by Gasteiger charge is -2.33. The van der Waals surface area contributed by atoms with Crippen molar-refractivity contribution in [1.82, 2.24) is 14.7 Å². The monoisotopic (exact) mass is 328 g/mol. The number of piperidine rings is 1. The second-order valence-electron chi connectivity index (χ2n) is 6.68. The van der Waals surface area contributed by atoms with Crippen molar-refractivity contribution in [3.8, 4) is 0 Å². The summed E-state index contributed by atoms with van der Waals surface area (Å²) in [6.07, 6.45) is 2.43. The van der Waals surface area contributed by atoms with Crippen LogP contribution in [0.5, 0.6) is 0 Å². The molecule has 2 aromatic rings. The number of hydrogen-bond donors (Lipinski definition) is 2. The van der Waals surface area contributed by atoms with E-state index in [1.54, 1.807) is 0 Å². The van der Waals surface area contributed by atoms with E-state index in [1.807, 2.05) is 10.7 Å². The number of para-hydroxylation sites is 1. The number of nitrogens with one attached hydrogen (secondary N) is 1. The predicted octanol–water partition coefficient (Wildman–Crippen LogP) is 2.57. The van der Waals surface area contributed by atoms with Crippen LogP contribution in [-0.2, 0) is 13.1 Å². The minimum atomic E-state index is 0.133. The Kier molecular flexibility index (Phi) is 5.53. The van der Waals surface area contributed by atoms with E-state index in [0.717, 1.165) is 25.3 Å². The Bertz CT molecular complexity index is 653. The van der Waals surface area contributed by atoms with Crippen molar-refractivity contribution in [3.05, 3.63) is 47.3 Å². The third-order valence-electron chi connectivity index (χ3n) is 4.87. The first kappa shape index (κ1) is 17.0. The average molecular weight is 328 g/mol. The number of rotatable bonds is 6. The molecular formula is C19H28N4O. The molecule has 0 aliphatic carbocycles. The molecule has 0 saturated carbocycles. The smallest absolute Gasteiger partial charge is 0.0644 e. The number of aromatic nitrogens is 2. The number of likely N-dealkylation sites (tertiary alicyclic amines) is 1. The van der Waals surface area contributed by atoms with E-state index >= 15 is 0 Å². The Morgan fingerprint density at radius 1 is 1.25 bits per heavy atom. The molecule has 2 heterocycles. The van der Waals surface area contributed by atoms with Gasteiger partial charge in [-0.25, -0.2) is 0 Å². The second-order valence-corrected chi connectivity index (χ2v) is 6.68. The first-order valence-corrected chi connectivity index (χ1v) is 8.85. The molecule has 0 radical (unpaired) electrons. The molecule has 2 N–H and O–H groups in total. The molecule has 5 heteroatoms. The van der Waals surface area contributed by atoms with Crippen LogP contribution >= 0.6 is 0 Å². The highest BCUT2D eigenvalue weighted by Crippen LogP contribution is 2.21. The van der Waals surface area contributed by atoms with E-state index < -0.39 is 0 Å². The summed E-state index contributed by atoms with van der Waals surface area (Å²) in [6.45, 7) is 8.01. The molecule has 1 fully saturated rings. The van der Waals surface area contributed by atoms with Gasteiger partial charge in [-0.1, -0.05) is 18.2 Å². The van der Waals surface area contributed by atoms with Crippen molar-refractivity contribution in [1.29, 1.82) is 0 Å². The Labute approximate surface area is 144 Å². The van der Waals surface area contributed by atoms with Crippen molar-refractivity contribution in [2.24, 2.45) is 0 Å². The summed E-state index contributed by atoms with van der Waals surface area (Å²) in [7, 11) is 0. The third-order valence-corrected chi connectivity index (χ3v) is 4.87. The Morgan fingerprint density at radius 3 is 2.79 bits per heavy atom. The minimum absolute atomic E-state index is 0.133. The van der Waals surface area contributed by atoms with Crippen molar-refractivity contribution < 1.29 is 5.11 Å². The normalized spacial score (nSPS) is 18.7. The van der Waals surface area contributed by atoms with E-state index in [0.29, 0.717) is 12.6 Å². The predicted molar refractivity (Wildman–Crippen MR) is 97.2 cm³/mol. The summed E-state index contributed by atoms with van der Waals surface area (Å²) < 4.78 is 1.92. The molecule has 0 bridgehead atoms. The topological polar surface area (TPSA) is 53.3 Å². The van der Waals surface area contributed by atoms with Crippen LogP contribution in [0, 0.1) is 13.8 Å². The lowest BCUT2D eigenvalue weighted by molar-refractivity contribution is 0.207. The molecule has 1 aliphatic rings. The molecule has 1 atom stereocenters. The highest BCUT2D eigenvalue weighted by Gasteiger charge is 2.22. The van der Waals surface area contributed by atoms with Gasteiger partial charge in [0.1, 0.15) is 0 Å². The summed E-state index contributed by atoms with van der Waals surface area (Å²) in [5.74, 6) is 0. The zero-order chi connectivity index (χ0) is 16.9. The van der Waals surface area contributed by atoms with E-state index in [1.165, 1.54) is 29.8 Å². The number of aryl methyl sites for hydroxylation is 1. The average Bonchev–Trinajstić information content (AvgIpc) is 2.84. The van der Waals surface area contributed by atoms with Crippen LogP contribution in [-0.4, -0.2) is 45.5 Å². The van der Waals surface area contributed by atoms with E-state index in [4.69, 9.17) is 5.11 Å². The Balaban J connectivity index is 1.63. The molecular weight excluding hydrogens is 300 g/mol. The van der Waals surface area contributed by atoms with Crippen molar-refractivity contribution in [3.63, 3.8) is 0 Å². The quantitative estimate of drug-likeness (QED) is 0.856. The largest absolute Gasteiger partial charge is 0.394 e. The van der Waals surface area contributed by atoms with Gasteiger partial charge < -0.3 is 10.4 Å². The second kappa shape index (κ2) is 7.81. The van der Waals surface area contributed by atoms with Crippen molar-refractivity contribution in [2.45, 2.75) is 45.8 Å². The maximum atomic E-state index is 9.16. The van der Waals surface area contributed by atoms with Crippen LogP contribution in [0.25, 0.3) is 0 Å². The zero-order valence-electron chi connectivity index (χ0n) is 14.7. The van der Waals surface area contributed by atoms with Crippen LogP contribution in [0.4, 0.5) is 5.69 Å². The van der Waals surface area contributed by atoms with E-state index in [-0.39, 0.29) is 6.61 Å². The molecule has 3 rings (SSSR count). The summed E-state index contributed by atoms with van der Waals surface area (Å²) >= 11 is 0. The van der Waals surface area contributed by atoms with Crippen LogP contribution in [0.3, 0.4) is 0 Å². The molecule has 0 spiro atoms. The van der Waals surface area contributed by atoms with Gasteiger partial charge in [-0.3, -0.25) is 9.58 Å². The van der Waals surface area contributed by atoms with Crippen molar-refractivity contribution >= 4 is 5.69 Å². The summed E-state index contributed by atoms with van der Waals surface area (Å²) in [5.41, 5.74) is 4.77. The molecule has 130 valence electrons. The molecule has 1 saturated heterocycles. The highest BCUT2D eigenvalue weighted by molar-refractivity contribution is 5.43. The SMILES string of the molecule is Cc1nn(CCO)c(C)c1CN1CCCC(Nc2ccccc2)C1. The number of nitrogens with zero attached hydrogens (tertiary/aromatic N) is 3. The highest BCUT2D eigenvalue weighted by atomic mass is 16.3. The van der Waals surface area contributed by atoms with E-state index in [2.05, 4.69) is 53.4 Å². The summed E-state index contributed by atoms with van der Waals surface area (Å²) in [5, 5.41) is 17.4. The lowest BCUT2D eigenvalue weighted by atomic mass is 10.0. The first-order valence-electron chi connectivity index (χ1n) is 8.85. The number of anilines is 1. The number of benzene rings is 1. The number of aliphatic hydroxyl groups is 1. The fraction of sp³-hybridized carbons (Fsp3) is 0.526. The lowest BCUT2D eigenvalue weighted by Crippen LogP contribution is -2.41. The standard InChI is InChI=1S/C19H28N4O/c1-15-19(16(2)23(21-15)11-12-24)14-22-10-6-9-18(13-22)20-17-7-4-3-5-8-17/h3-5,7-8,18,20,24H,6,9-14H2,1-2H3. The van der Waals surface area contributed by atoms with Gasteiger partial charge in [-0.15, -0.1) is 0 Å². The summed E-state index contributed by atoms with van der Waals surface area (Å²) in [6, 6.07) is 11.0. The maximum absolute atomic E-state index is 9.16. The number of aliphatic hydroxyl groups excluding tert-OH is 1. The molecule has 5 nitrogen and oxygen atoms in total. The molecule has 1 aromatic heterocycles. The van der Waals surface area contributed by atoms with Crippen molar-refractivity contribution in [2.75, 3.05) is 25.0 Å². The fourth-order valence-corrected chi connectivity index (χ4v) is 3.59. The van der Waals surface area contributed by atoms with Gasteiger partial charge in [-0.05, 0) is 45.4 Å².